The van der Waals surface area contributed by atoms with Crippen LogP contribution in [0.5, 0.6) is 0 Å². The Morgan fingerprint density at radius 1 is 0.510 bits per heavy atom. The first kappa shape index (κ1) is 39.6. The van der Waals surface area contributed by atoms with Gasteiger partial charge >= 0.3 is 17.9 Å². The number of H-pyrrole nitrogens is 1. The maximum absolute atomic E-state index is 13.6. The molecule has 0 aliphatic rings. The summed E-state index contributed by atoms with van der Waals surface area (Å²) in [4.78, 5) is 43.5. The van der Waals surface area contributed by atoms with Crippen molar-refractivity contribution in [3.05, 3.63) is 92.8 Å². The number of hydrogen-bond acceptors (Lipinski definition) is 6. The molecule has 3 rings (SSSR count). The quantitative estimate of drug-likeness (QED) is 0.180. The van der Waals surface area contributed by atoms with Gasteiger partial charge in [0.25, 0.3) is 0 Å². The minimum Gasteiger partial charge on any atom is -0.461 e. The molecule has 49 heavy (non-hydrogen) atoms. The summed E-state index contributed by atoms with van der Waals surface area (Å²) >= 11 is 0. The molecule has 1 aromatic heterocycles. The number of aromatic amines is 1. The zero-order valence-corrected chi connectivity index (χ0v) is 32.6. The third kappa shape index (κ3) is 10.3. The van der Waals surface area contributed by atoms with Crippen molar-refractivity contribution < 1.29 is 28.6 Å². The molecule has 0 radical (unpaired) electrons. The van der Waals surface area contributed by atoms with Gasteiger partial charge in [0.2, 0.25) is 0 Å². The Morgan fingerprint density at radius 3 is 1.08 bits per heavy atom. The van der Waals surface area contributed by atoms with Crippen LogP contribution in [0, 0.1) is 19.3 Å². The summed E-state index contributed by atoms with van der Waals surface area (Å²) in [6.45, 7) is 30.3. The van der Waals surface area contributed by atoms with Gasteiger partial charge in [-0.05, 0) is 94.5 Å². The standard InChI is InChI=1S/C42H59NO6/c1-26-22-43-27(2)34(26)37(46)49-25-42(15,23-47-35(44)28-16-30(38(3,4)5)20-31(17-28)39(6,7)8)24-48-36(45)29-18-32(40(9,10)11)21-33(19-29)41(12,13)14/h16-22,43H,23-25H2,1-15H3. The number of rotatable bonds is 9. The predicted octanol–water partition coefficient (Wildman–Crippen LogP) is 9.70. The molecular formula is C42H59NO6. The normalized spacial score (nSPS) is 12.9. The molecule has 0 spiro atoms. The minimum atomic E-state index is -1.04. The molecule has 0 aliphatic heterocycles. The van der Waals surface area contributed by atoms with E-state index in [2.05, 4.69) is 100 Å². The summed E-state index contributed by atoms with van der Waals surface area (Å²) in [7, 11) is 0. The average molecular weight is 674 g/mol. The largest absolute Gasteiger partial charge is 0.461 e. The van der Waals surface area contributed by atoms with Gasteiger partial charge in [-0.15, -0.1) is 0 Å². The van der Waals surface area contributed by atoms with E-state index in [1.54, 1.807) is 20.0 Å². The Balaban J connectivity index is 1.92. The second kappa shape index (κ2) is 14.2. The molecule has 1 N–H and O–H groups in total. The average Bonchev–Trinajstić information content (AvgIpc) is 3.32. The molecule has 0 saturated heterocycles. The van der Waals surface area contributed by atoms with Crippen molar-refractivity contribution in [2.75, 3.05) is 19.8 Å². The van der Waals surface area contributed by atoms with Crippen LogP contribution in [0.2, 0.25) is 0 Å². The topological polar surface area (TPSA) is 94.7 Å². The summed E-state index contributed by atoms with van der Waals surface area (Å²) in [5.41, 5.74) is 5.16. The van der Waals surface area contributed by atoms with Crippen LogP contribution in [0.1, 0.15) is 155 Å². The number of carbonyl (C=O) groups is 3. The van der Waals surface area contributed by atoms with Crippen LogP contribution in [0.3, 0.4) is 0 Å². The van der Waals surface area contributed by atoms with E-state index in [-0.39, 0.29) is 41.5 Å². The van der Waals surface area contributed by atoms with E-state index >= 15 is 0 Å². The molecule has 0 unspecified atom stereocenters. The van der Waals surface area contributed by atoms with Crippen LogP contribution >= 0.6 is 0 Å². The van der Waals surface area contributed by atoms with Crippen LogP contribution in [0.15, 0.2) is 42.6 Å². The number of hydrogen-bond donors (Lipinski definition) is 1. The zero-order valence-electron chi connectivity index (χ0n) is 32.6. The van der Waals surface area contributed by atoms with Crippen LogP contribution in [-0.4, -0.2) is 42.7 Å². The first-order valence-corrected chi connectivity index (χ1v) is 17.2. The van der Waals surface area contributed by atoms with Gasteiger partial charge < -0.3 is 19.2 Å². The van der Waals surface area contributed by atoms with Gasteiger partial charge in [0.1, 0.15) is 19.8 Å². The number of benzene rings is 2. The molecule has 1 heterocycles. The van der Waals surface area contributed by atoms with E-state index in [0.29, 0.717) is 22.4 Å². The number of aromatic nitrogens is 1. The number of aryl methyl sites for hydroxylation is 2. The second-order valence-electron chi connectivity index (χ2n) is 18.1. The van der Waals surface area contributed by atoms with E-state index in [9.17, 15) is 14.4 Å². The highest BCUT2D eigenvalue weighted by molar-refractivity contribution is 5.92. The summed E-state index contributed by atoms with van der Waals surface area (Å²) < 4.78 is 17.7. The number of ether oxygens (including phenoxy) is 3. The maximum Gasteiger partial charge on any atom is 0.340 e. The molecule has 7 heteroatoms. The lowest BCUT2D eigenvalue weighted by Crippen LogP contribution is -2.37. The fourth-order valence-corrected chi connectivity index (χ4v) is 5.28. The molecule has 3 aromatic rings. The summed E-state index contributed by atoms with van der Waals surface area (Å²) in [6, 6.07) is 11.8. The smallest absolute Gasteiger partial charge is 0.340 e. The lowest BCUT2D eigenvalue weighted by Gasteiger charge is -2.29. The number of carbonyl (C=O) groups excluding carboxylic acids is 3. The van der Waals surface area contributed by atoms with Crippen LogP contribution in [0.25, 0.3) is 0 Å². The monoisotopic (exact) mass is 673 g/mol. The van der Waals surface area contributed by atoms with E-state index in [1.165, 1.54) is 0 Å². The lowest BCUT2D eigenvalue weighted by molar-refractivity contribution is -0.0288. The van der Waals surface area contributed by atoms with Crippen molar-refractivity contribution in [3.8, 4) is 0 Å². The Labute approximate surface area is 294 Å². The van der Waals surface area contributed by atoms with Crippen molar-refractivity contribution in [2.45, 2.75) is 126 Å². The van der Waals surface area contributed by atoms with Crippen molar-refractivity contribution in [1.29, 1.82) is 0 Å². The Bertz CT molecular complexity index is 1510. The lowest BCUT2D eigenvalue weighted by atomic mass is 9.79. The first-order valence-electron chi connectivity index (χ1n) is 17.2. The van der Waals surface area contributed by atoms with Crippen molar-refractivity contribution in [3.63, 3.8) is 0 Å². The molecule has 7 nitrogen and oxygen atoms in total. The van der Waals surface area contributed by atoms with Gasteiger partial charge in [-0.1, -0.05) is 95.2 Å². The maximum atomic E-state index is 13.6. The fourth-order valence-electron chi connectivity index (χ4n) is 5.28. The highest BCUT2D eigenvalue weighted by Gasteiger charge is 2.33. The van der Waals surface area contributed by atoms with Crippen molar-refractivity contribution in [2.24, 2.45) is 5.41 Å². The molecule has 0 saturated carbocycles. The van der Waals surface area contributed by atoms with Gasteiger partial charge in [-0.3, -0.25) is 0 Å². The van der Waals surface area contributed by atoms with Gasteiger partial charge in [-0.2, -0.15) is 0 Å². The Kier molecular flexibility index (Phi) is 11.4. The van der Waals surface area contributed by atoms with Gasteiger partial charge in [0.15, 0.2) is 0 Å². The van der Waals surface area contributed by atoms with Gasteiger partial charge in [-0.25, -0.2) is 14.4 Å². The fraction of sp³-hybridized carbons (Fsp3) is 0.548. The van der Waals surface area contributed by atoms with Crippen molar-refractivity contribution in [1.82, 2.24) is 4.98 Å². The molecule has 268 valence electrons. The first-order chi connectivity index (χ1) is 22.2. The molecule has 0 atom stereocenters. The highest BCUT2D eigenvalue weighted by Crippen LogP contribution is 2.33. The summed E-state index contributed by atoms with van der Waals surface area (Å²) in [5.74, 6) is -1.49. The number of esters is 3. The number of nitrogens with one attached hydrogen (secondary N) is 1. The van der Waals surface area contributed by atoms with Crippen LogP contribution in [-0.2, 0) is 35.9 Å². The minimum absolute atomic E-state index is 0.138. The summed E-state index contributed by atoms with van der Waals surface area (Å²) in [5, 5.41) is 0. The molecule has 0 fully saturated rings. The third-order valence-corrected chi connectivity index (χ3v) is 8.94. The van der Waals surface area contributed by atoms with E-state index < -0.39 is 23.3 Å². The van der Waals surface area contributed by atoms with E-state index in [1.807, 2.05) is 31.2 Å². The molecular weight excluding hydrogens is 614 g/mol. The van der Waals surface area contributed by atoms with Crippen LogP contribution in [0.4, 0.5) is 0 Å². The van der Waals surface area contributed by atoms with Gasteiger partial charge in [0.05, 0.1) is 22.1 Å². The predicted molar refractivity (Wildman–Crippen MR) is 197 cm³/mol. The van der Waals surface area contributed by atoms with Crippen LogP contribution < -0.4 is 0 Å². The second-order valence-corrected chi connectivity index (χ2v) is 18.1. The Morgan fingerprint density at radius 2 is 0.816 bits per heavy atom. The zero-order chi connectivity index (χ0) is 37.3. The molecule has 0 aliphatic carbocycles. The van der Waals surface area contributed by atoms with E-state index in [4.69, 9.17) is 14.2 Å². The van der Waals surface area contributed by atoms with Crippen molar-refractivity contribution >= 4 is 17.9 Å². The Hall–Kier alpha value is -3.87. The molecule has 0 amide bonds. The summed E-state index contributed by atoms with van der Waals surface area (Å²) in [6.07, 6.45) is 1.75. The molecule has 2 aromatic carbocycles. The third-order valence-electron chi connectivity index (χ3n) is 8.94. The van der Waals surface area contributed by atoms with Gasteiger partial charge in [0, 0.05) is 11.9 Å². The SMILES string of the molecule is Cc1c[nH]c(C)c1C(=O)OCC(C)(COC(=O)c1cc(C(C)(C)C)cc(C(C)(C)C)c1)COC(=O)c1cc(C(C)(C)C)cc(C(C)(C)C)c1. The highest BCUT2D eigenvalue weighted by atomic mass is 16.6. The molecule has 0 bridgehead atoms. The van der Waals surface area contributed by atoms with E-state index in [0.717, 1.165) is 27.8 Å².